The highest BCUT2D eigenvalue weighted by molar-refractivity contribution is 7.18. The number of benzene rings is 1. The van der Waals surface area contributed by atoms with Crippen molar-refractivity contribution in [2.45, 2.75) is 63.1 Å². The fourth-order valence-electron chi connectivity index (χ4n) is 5.82. The summed E-state index contributed by atoms with van der Waals surface area (Å²) in [6.45, 7) is 1.69. The minimum Gasteiger partial charge on any atom is -0.490 e. The first-order valence-corrected chi connectivity index (χ1v) is 13.0. The second-order valence-electron chi connectivity index (χ2n) is 9.86. The summed E-state index contributed by atoms with van der Waals surface area (Å²) >= 11 is 1.59. The second kappa shape index (κ2) is 8.85. The van der Waals surface area contributed by atoms with Crippen molar-refractivity contribution in [3.8, 4) is 11.4 Å². The third kappa shape index (κ3) is 4.22. The maximum Gasteiger partial charge on any atom is 0.275 e. The predicted molar refractivity (Wildman–Crippen MR) is 131 cm³/mol. The predicted octanol–water partition coefficient (Wildman–Crippen LogP) is 4.42. The largest absolute Gasteiger partial charge is 0.490 e. The van der Waals surface area contributed by atoms with E-state index in [1.54, 1.807) is 22.2 Å². The molecule has 0 saturated carbocycles. The van der Waals surface area contributed by atoms with Crippen LogP contribution in [0.1, 0.15) is 43.4 Å². The lowest BCUT2D eigenvalue weighted by molar-refractivity contribution is 0.0661. The molecule has 2 aromatic heterocycles. The Kier molecular flexibility index (Phi) is 5.72. The molecule has 7 heteroatoms. The molecule has 0 spiro atoms. The molecular weight excluding hydrogens is 434 g/mol. The molecule has 6 rings (SSSR count). The summed E-state index contributed by atoms with van der Waals surface area (Å²) in [5, 5.41) is 0. The Balaban J connectivity index is 1.18. The van der Waals surface area contributed by atoms with Gasteiger partial charge in [0.25, 0.3) is 5.56 Å². The third-order valence-corrected chi connectivity index (χ3v) is 8.93. The molecule has 3 atom stereocenters. The molecular formula is C26H31N3O3S. The number of piperidine rings is 1. The van der Waals surface area contributed by atoms with E-state index in [-0.39, 0.29) is 11.7 Å². The van der Waals surface area contributed by atoms with Gasteiger partial charge in [0.15, 0.2) is 0 Å². The summed E-state index contributed by atoms with van der Waals surface area (Å²) < 4.78 is 14.2. The van der Waals surface area contributed by atoms with Gasteiger partial charge < -0.3 is 14.4 Å². The van der Waals surface area contributed by atoms with Crippen molar-refractivity contribution in [1.82, 2.24) is 14.5 Å². The number of rotatable bonds is 5. The van der Waals surface area contributed by atoms with Gasteiger partial charge in [-0.25, -0.2) is 4.98 Å². The van der Waals surface area contributed by atoms with Gasteiger partial charge in [0.05, 0.1) is 11.2 Å². The van der Waals surface area contributed by atoms with Crippen LogP contribution in [0.25, 0.3) is 15.9 Å². The van der Waals surface area contributed by atoms with Crippen LogP contribution in [0.3, 0.4) is 0 Å². The van der Waals surface area contributed by atoms with E-state index in [4.69, 9.17) is 9.47 Å². The van der Waals surface area contributed by atoms with E-state index in [0.29, 0.717) is 18.0 Å². The molecule has 3 fully saturated rings. The van der Waals surface area contributed by atoms with E-state index in [0.717, 1.165) is 67.0 Å². The lowest BCUT2D eigenvalue weighted by atomic mass is 9.96. The summed E-state index contributed by atoms with van der Waals surface area (Å²) in [5.41, 5.74) is 1.63. The van der Waals surface area contributed by atoms with Gasteiger partial charge in [0, 0.05) is 30.2 Å². The Hall–Kier alpha value is -2.22. The fourth-order valence-corrected chi connectivity index (χ4v) is 6.97. The maximum absolute atomic E-state index is 13.2. The molecule has 174 valence electrons. The van der Waals surface area contributed by atoms with Crippen LogP contribution >= 0.6 is 11.3 Å². The molecule has 1 unspecified atom stereocenters. The number of fused-ring (bicyclic) bond motifs is 3. The second-order valence-corrected chi connectivity index (χ2v) is 11.0. The van der Waals surface area contributed by atoms with E-state index in [1.165, 1.54) is 17.7 Å². The van der Waals surface area contributed by atoms with Gasteiger partial charge in [0.1, 0.15) is 22.9 Å². The fraction of sp³-hybridized carbons (Fsp3) is 0.538. The summed E-state index contributed by atoms with van der Waals surface area (Å²) in [7, 11) is 2.25. The van der Waals surface area contributed by atoms with Crippen LogP contribution in [-0.4, -0.2) is 52.9 Å². The van der Waals surface area contributed by atoms with E-state index >= 15 is 0 Å². The molecule has 3 aromatic rings. The number of nitrogens with zero attached hydrogens (tertiary/aromatic N) is 3. The van der Waals surface area contributed by atoms with E-state index in [2.05, 4.69) is 23.0 Å². The van der Waals surface area contributed by atoms with Gasteiger partial charge in [-0.15, -0.1) is 11.3 Å². The van der Waals surface area contributed by atoms with E-state index < -0.39 is 0 Å². The van der Waals surface area contributed by atoms with Crippen molar-refractivity contribution in [3.05, 3.63) is 51.9 Å². The molecule has 1 aromatic carbocycles. The summed E-state index contributed by atoms with van der Waals surface area (Å²) in [6.07, 6.45) is 9.92. The Bertz CT molecular complexity index is 1170. The van der Waals surface area contributed by atoms with Crippen molar-refractivity contribution in [2.75, 3.05) is 20.3 Å². The Morgan fingerprint density at radius 2 is 1.82 bits per heavy atom. The Morgan fingerprint density at radius 1 is 1.09 bits per heavy atom. The molecule has 5 heterocycles. The SMILES string of the molecule is CN1[C@@H]2CC[C@H]1CC(Oc1ccc(-n3cnc4cc(CC5CCOCC5)sc4c3=O)cc1)C2. The smallest absolute Gasteiger partial charge is 0.275 e. The van der Waals surface area contributed by atoms with Crippen molar-refractivity contribution in [2.24, 2.45) is 5.92 Å². The molecule has 0 amide bonds. The highest BCUT2D eigenvalue weighted by Gasteiger charge is 2.39. The van der Waals surface area contributed by atoms with Gasteiger partial charge >= 0.3 is 0 Å². The van der Waals surface area contributed by atoms with E-state index in [1.807, 2.05) is 24.3 Å². The quantitative estimate of drug-likeness (QED) is 0.558. The minimum atomic E-state index is 0.00351. The van der Waals surface area contributed by atoms with Crippen LogP contribution in [0.5, 0.6) is 5.75 Å². The molecule has 0 aliphatic carbocycles. The van der Waals surface area contributed by atoms with Crippen LogP contribution in [0, 0.1) is 5.92 Å². The lowest BCUT2D eigenvalue weighted by Gasteiger charge is -2.36. The Labute approximate surface area is 198 Å². The molecule has 0 radical (unpaired) electrons. The highest BCUT2D eigenvalue weighted by Crippen LogP contribution is 2.36. The van der Waals surface area contributed by atoms with Crippen molar-refractivity contribution in [3.63, 3.8) is 0 Å². The molecule has 0 N–H and O–H groups in total. The maximum atomic E-state index is 13.2. The number of aromatic nitrogens is 2. The number of hydrogen-bond acceptors (Lipinski definition) is 6. The van der Waals surface area contributed by atoms with Gasteiger partial charge in [-0.05, 0) is 88.2 Å². The first-order valence-electron chi connectivity index (χ1n) is 12.2. The van der Waals surface area contributed by atoms with Crippen LogP contribution in [0.15, 0.2) is 41.5 Å². The zero-order chi connectivity index (χ0) is 22.4. The molecule has 6 nitrogen and oxygen atoms in total. The zero-order valence-corrected chi connectivity index (χ0v) is 19.9. The van der Waals surface area contributed by atoms with Gasteiger partial charge in [-0.2, -0.15) is 0 Å². The van der Waals surface area contributed by atoms with Crippen molar-refractivity contribution >= 4 is 21.6 Å². The van der Waals surface area contributed by atoms with Crippen LogP contribution in [0.2, 0.25) is 0 Å². The van der Waals surface area contributed by atoms with Gasteiger partial charge in [0.2, 0.25) is 0 Å². The van der Waals surface area contributed by atoms with Crippen molar-refractivity contribution in [1.29, 1.82) is 0 Å². The summed E-state index contributed by atoms with van der Waals surface area (Å²) in [5.74, 6) is 1.52. The first-order chi connectivity index (χ1) is 16.1. The topological polar surface area (TPSA) is 56.6 Å². The van der Waals surface area contributed by atoms with Crippen LogP contribution < -0.4 is 10.3 Å². The Morgan fingerprint density at radius 3 is 2.55 bits per heavy atom. The van der Waals surface area contributed by atoms with Crippen molar-refractivity contribution < 1.29 is 9.47 Å². The summed E-state index contributed by atoms with van der Waals surface area (Å²) in [4.78, 5) is 21.6. The van der Waals surface area contributed by atoms with Gasteiger partial charge in [-0.1, -0.05) is 0 Å². The zero-order valence-electron chi connectivity index (χ0n) is 19.1. The van der Waals surface area contributed by atoms with E-state index in [9.17, 15) is 4.79 Å². The molecule has 33 heavy (non-hydrogen) atoms. The molecule has 3 aliphatic rings. The number of thiophene rings is 1. The van der Waals surface area contributed by atoms with Crippen LogP contribution in [-0.2, 0) is 11.2 Å². The van der Waals surface area contributed by atoms with Gasteiger partial charge in [-0.3, -0.25) is 9.36 Å². The average molecular weight is 466 g/mol. The summed E-state index contributed by atoms with van der Waals surface area (Å²) in [6, 6.07) is 11.3. The number of ether oxygens (including phenoxy) is 2. The van der Waals surface area contributed by atoms with Crippen LogP contribution in [0.4, 0.5) is 0 Å². The molecule has 3 saturated heterocycles. The lowest BCUT2D eigenvalue weighted by Crippen LogP contribution is -2.43. The normalized spacial score (nSPS) is 26.2. The highest BCUT2D eigenvalue weighted by atomic mass is 32.1. The molecule has 2 bridgehead atoms. The third-order valence-electron chi connectivity index (χ3n) is 7.79. The standard InChI is InChI=1S/C26H31N3O3S/c1-28-19-2-3-20(28)14-22(13-19)32-21-6-4-18(5-7-21)29-16-27-24-15-23(33-25(24)26(29)30)12-17-8-10-31-11-9-17/h4-7,15-17,19-20,22H,2-3,8-14H2,1H3/t19-,20+,22?. The monoisotopic (exact) mass is 465 g/mol. The number of hydrogen-bond donors (Lipinski definition) is 0. The minimum absolute atomic E-state index is 0.00351. The molecule has 3 aliphatic heterocycles. The first kappa shape index (κ1) is 21.3. The average Bonchev–Trinajstić information content (AvgIpc) is 3.31.